The molecule has 3 unspecified atom stereocenters. The van der Waals surface area contributed by atoms with Crippen LogP contribution in [0.1, 0.15) is 23.5 Å². The maximum absolute atomic E-state index is 12.8. The molecule has 2 aliphatic rings. The number of hydrogen-bond acceptors (Lipinski definition) is 6. The zero-order chi connectivity index (χ0) is 24.9. The van der Waals surface area contributed by atoms with Gasteiger partial charge < -0.3 is 30.1 Å². The summed E-state index contributed by atoms with van der Waals surface area (Å²) in [4.78, 5) is 38.4. The standard InChI is InChI=1S/C26H31N3O6/c1-29(2)13-23(24(30)27-12-17-11-16(14-34-17)25(31)32)28-26(33)35-15-22-20-9-5-3-7-18(20)19-8-4-6-10-21(19)22/h3-10,16-17,22-23H,11-15H2,1-2H3,(H,27,30)(H,28,33)(H,31,32). The Kier molecular flexibility index (Phi) is 7.67. The van der Waals surface area contributed by atoms with Crippen molar-refractivity contribution in [1.29, 1.82) is 0 Å². The molecule has 1 aliphatic carbocycles. The van der Waals surface area contributed by atoms with Crippen LogP contribution in [0, 0.1) is 5.92 Å². The van der Waals surface area contributed by atoms with Crippen molar-refractivity contribution < 1.29 is 29.0 Å². The summed E-state index contributed by atoms with van der Waals surface area (Å²) in [5, 5.41) is 14.5. The molecule has 1 aliphatic heterocycles. The van der Waals surface area contributed by atoms with Crippen LogP contribution in [0.25, 0.3) is 11.1 Å². The third kappa shape index (κ3) is 5.80. The Hall–Kier alpha value is -3.43. The number of aliphatic carboxylic acids is 1. The molecule has 2 amide bonds. The van der Waals surface area contributed by atoms with Crippen LogP contribution < -0.4 is 10.6 Å². The van der Waals surface area contributed by atoms with E-state index in [4.69, 9.17) is 14.6 Å². The second kappa shape index (κ2) is 10.9. The van der Waals surface area contributed by atoms with E-state index in [1.54, 1.807) is 19.0 Å². The van der Waals surface area contributed by atoms with Crippen LogP contribution in [0.5, 0.6) is 0 Å². The predicted molar refractivity (Wildman–Crippen MR) is 129 cm³/mol. The number of carboxylic acids is 1. The summed E-state index contributed by atoms with van der Waals surface area (Å²) in [6.45, 7) is 0.746. The number of likely N-dealkylation sites (N-methyl/N-ethyl adjacent to an activating group) is 1. The minimum atomic E-state index is -0.902. The molecule has 4 rings (SSSR count). The molecule has 0 radical (unpaired) electrons. The van der Waals surface area contributed by atoms with E-state index in [9.17, 15) is 14.4 Å². The Bertz CT molecular complexity index is 1040. The number of carbonyl (C=O) groups excluding carboxylic acids is 2. The fourth-order valence-corrected chi connectivity index (χ4v) is 4.70. The number of fused-ring (bicyclic) bond motifs is 3. The maximum Gasteiger partial charge on any atom is 0.407 e. The molecular formula is C26H31N3O6. The number of hydrogen-bond donors (Lipinski definition) is 3. The highest BCUT2D eigenvalue weighted by atomic mass is 16.5. The van der Waals surface area contributed by atoms with Crippen LogP contribution in [0.15, 0.2) is 48.5 Å². The summed E-state index contributed by atoms with van der Waals surface area (Å²) in [7, 11) is 3.61. The minimum absolute atomic E-state index is 0.0732. The van der Waals surface area contributed by atoms with Crippen molar-refractivity contribution in [2.75, 3.05) is 40.4 Å². The molecule has 0 saturated carbocycles. The summed E-state index contributed by atoms with van der Waals surface area (Å²) in [5.74, 6) is -1.92. The monoisotopic (exact) mass is 481 g/mol. The average molecular weight is 482 g/mol. The van der Waals surface area contributed by atoms with E-state index in [0.29, 0.717) is 6.42 Å². The normalized spacial score (nSPS) is 19.6. The molecule has 0 spiro atoms. The van der Waals surface area contributed by atoms with E-state index < -0.39 is 24.0 Å². The first-order chi connectivity index (χ1) is 16.8. The number of amides is 2. The summed E-state index contributed by atoms with van der Waals surface area (Å²) in [6, 6.07) is 15.3. The molecule has 35 heavy (non-hydrogen) atoms. The van der Waals surface area contributed by atoms with Crippen LogP contribution in [0.2, 0.25) is 0 Å². The highest BCUT2D eigenvalue weighted by Crippen LogP contribution is 2.44. The van der Waals surface area contributed by atoms with Gasteiger partial charge in [-0.1, -0.05) is 48.5 Å². The van der Waals surface area contributed by atoms with Gasteiger partial charge in [-0.2, -0.15) is 0 Å². The number of alkyl carbamates (subject to hydrolysis) is 1. The lowest BCUT2D eigenvalue weighted by Crippen LogP contribution is -2.52. The van der Waals surface area contributed by atoms with Crippen LogP contribution in [-0.4, -0.2) is 80.5 Å². The van der Waals surface area contributed by atoms with Crippen molar-refractivity contribution in [2.45, 2.75) is 24.5 Å². The quantitative estimate of drug-likeness (QED) is 0.502. The molecule has 2 aromatic carbocycles. The molecule has 2 aromatic rings. The van der Waals surface area contributed by atoms with Gasteiger partial charge in [0.2, 0.25) is 5.91 Å². The predicted octanol–water partition coefficient (Wildman–Crippen LogP) is 2.06. The summed E-state index contributed by atoms with van der Waals surface area (Å²) in [5.41, 5.74) is 4.50. The number of benzene rings is 2. The second-order valence-corrected chi connectivity index (χ2v) is 9.26. The van der Waals surface area contributed by atoms with Crippen LogP contribution in [0.4, 0.5) is 4.79 Å². The van der Waals surface area contributed by atoms with Gasteiger partial charge in [0.25, 0.3) is 0 Å². The van der Waals surface area contributed by atoms with Crippen molar-refractivity contribution in [3.63, 3.8) is 0 Å². The molecule has 0 aromatic heterocycles. The second-order valence-electron chi connectivity index (χ2n) is 9.26. The number of ether oxygens (including phenoxy) is 2. The van der Waals surface area contributed by atoms with Crippen molar-refractivity contribution in [1.82, 2.24) is 15.5 Å². The largest absolute Gasteiger partial charge is 0.481 e. The van der Waals surface area contributed by atoms with E-state index in [-0.39, 0.29) is 44.2 Å². The average Bonchev–Trinajstić information content (AvgIpc) is 3.44. The molecule has 1 saturated heterocycles. The molecule has 1 fully saturated rings. The molecular weight excluding hydrogens is 450 g/mol. The maximum atomic E-state index is 12.8. The number of carbonyl (C=O) groups is 3. The fraction of sp³-hybridized carbons (Fsp3) is 0.423. The van der Waals surface area contributed by atoms with Gasteiger partial charge in [0, 0.05) is 19.0 Å². The molecule has 1 heterocycles. The zero-order valence-electron chi connectivity index (χ0n) is 19.9. The van der Waals surface area contributed by atoms with Crippen molar-refractivity contribution in [3.05, 3.63) is 59.7 Å². The lowest BCUT2D eigenvalue weighted by Gasteiger charge is -2.23. The fourth-order valence-electron chi connectivity index (χ4n) is 4.70. The number of carboxylic acid groups (broad SMARTS) is 1. The van der Waals surface area contributed by atoms with Gasteiger partial charge in [0.05, 0.1) is 18.6 Å². The third-order valence-corrected chi connectivity index (χ3v) is 6.43. The first-order valence-electron chi connectivity index (χ1n) is 11.7. The smallest absolute Gasteiger partial charge is 0.407 e. The molecule has 9 nitrogen and oxygen atoms in total. The topological polar surface area (TPSA) is 117 Å². The van der Waals surface area contributed by atoms with Gasteiger partial charge in [-0.3, -0.25) is 9.59 Å². The van der Waals surface area contributed by atoms with Crippen LogP contribution >= 0.6 is 0 Å². The minimum Gasteiger partial charge on any atom is -0.481 e. The summed E-state index contributed by atoms with van der Waals surface area (Å²) < 4.78 is 11.0. The number of nitrogens with zero attached hydrogens (tertiary/aromatic N) is 1. The molecule has 186 valence electrons. The Labute approximate surface area is 204 Å². The summed E-state index contributed by atoms with van der Waals surface area (Å²) in [6.07, 6.45) is -0.695. The van der Waals surface area contributed by atoms with E-state index in [2.05, 4.69) is 22.8 Å². The van der Waals surface area contributed by atoms with Crippen molar-refractivity contribution in [2.24, 2.45) is 5.92 Å². The van der Waals surface area contributed by atoms with E-state index >= 15 is 0 Å². The van der Waals surface area contributed by atoms with Crippen molar-refractivity contribution >= 4 is 18.0 Å². The van der Waals surface area contributed by atoms with Crippen molar-refractivity contribution in [3.8, 4) is 11.1 Å². The van der Waals surface area contributed by atoms with Gasteiger partial charge in [-0.25, -0.2) is 4.79 Å². The number of nitrogens with one attached hydrogen (secondary N) is 2. The van der Waals surface area contributed by atoms with Gasteiger partial charge in [0.1, 0.15) is 12.6 Å². The first-order valence-corrected chi connectivity index (χ1v) is 11.7. The van der Waals surface area contributed by atoms with E-state index in [0.717, 1.165) is 22.3 Å². The third-order valence-electron chi connectivity index (χ3n) is 6.43. The lowest BCUT2D eigenvalue weighted by molar-refractivity contribution is -0.141. The van der Waals surface area contributed by atoms with Crippen LogP contribution in [-0.2, 0) is 19.1 Å². The molecule has 3 N–H and O–H groups in total. The Morgan fingerprint density at radius 1 is 1.09 bits per heavy atom. The summed E-state index contributed by atoms with van der Waals surface area (Å²) >= 11 is 0. The SMILES string of the molecule is CN(C)CC(NC(=O)OCC1c2ccccc2-c2ccccc21)C(=O)NCC1CC(C(=O)O)CO1. The Morgan fingerprint density at radius 2 is 1.71 bits per heavy atom. The lowest BCUT2D eigenvalue weighted by atomic mass is 9.98. The Balaban J connectivity index is 1.33. The van der Waals surface area contributed by atoms with Crippen LogP contribution in [0.3, 0.4) is 0 Å². The zero-order valence-corrected chi connectivity index (χ0v) is 19.9. The van der Waals surface area contributed by atoms with Gasteiger partial charge in [-0.05, 0) is 42.8 Å². The molecule has 0 bridgehead atoms. The van der Waals surface area contributed by atoms with Gasteiger partial charge in [0.15, 0.2) is 0 Å². The van der Waals surface area contributed by atoms with Gasteiger partial charge >= 0.3 is 12.1 Å². The first kappa shape index (κ1) is 24.7. The Morgan fingerprint density at radius 3 is 2.29 bits per heavy atom. The number of rotatable bonds is 9. The van der Waals surface area contributed by atoms with E-state index in [1.165, 1.54) is 0 Å². The van der Waals surface area contributed by atoms with Gasteiger partial charge in [-0.15, -0.1) is 0 Å². The highest BCUT2D eigenvalue weighted by Gasteiger charge is 2.32. The van der Waals surface area contributed by atoms with E-state index in [1.807, 2.05) is 36.4 Å². The molecule has 9 heteroatoms. The highest BCUT2D eigenvalue weighted by molar-refractivity contribution is 5.86. The molecule has 3 atom stereocenters.